The molecule has 1 N–H and O–H groups in total. The Hall–Kier alpha value is 1.12. The zero-order chi connectivity index (χ0) is 7.73. The molecule has 0 aliphatic rings. The van der Waals surface area contributed by atoms with Gasteiger partial charge in [0.2, 0.25) is 0 Å². The summed E-state index contributed by atoms with van der Waals surface area (Å²) in [6.07, 6.45) is 0.879. The van der Waals surface area contributed by atoms with Crippen molar-refractivity contribution in [1.82, 2.24) is 0 Å². The summed E-state index contributed by atoms with van der Waals surface area (Å²) in [4.78, 5) is 0. The van der Waals surface area contributed by atoms with Crippen LogP contribution >= 0.6 is 26.3 Å². The molecule has 0 rings (SSSR count). The van der Waals surface area contributed by atoms with Gasteiger partial charge in [-0.25, -0.2) is 0 Å². The molecule has 0 aliphatic heterocycles. The molecule has 0 aromatic carbocycles. The molecular formula is C6H16IOP. The summed E-state index contributed by atoms with van der Waals surface area (Å²) in [6.45, 7) is 8.57. The van der Waals surface area contributed by atoms with Gasteiger partial charge >= 0.3 is 70.6 Å². The van der Waals surface area contributed by atoms with Crippen molar-refractivity contribution in [1.29, 1.82) is 0 Å². The molecule has 0 spiro atoms. The van der Waals surface area contributed by atoms with Gasteiger partial charge in [0, 0.05) is 0 Å². The Morgan fingerprint density at radius 3 is 1.78 bits per heavy atom. The maximum absolute atomic E-state index is 9.50. The van der Waals surface area contributed by atoms with Crippen molar-refractivity contribution in [2.45, 2.75) is 19.2 Å². The molecular weight excluding hydrogens is 246 g/mol. The molecule has 3 heteroatoms. The standard InChI is InChI=1S/C6H16IOP/c1-5-6(8)9(2,3,4)7/h6,8H,5H2,1-4H3/t6-/m0/s1. The number of aliphatic hydroxyl groups excluding tert-OH is 1. The molecule has 0 heterocycles. The first-order chi connectivity index (χ1) is 3.74. The third-order valence-corrected chi connectivity index (χ3v) is 5.68. The molecule has 0 saturated heterocycles. The minimum absolute atomic E-state index is 0.0865. The fraction of sp³-hybridized carbons (Fsp3) is 1.00. The van der Waals surface area contributed by atoms with Gasteiger partial charge in [0.25, 0.3) is 0 Å². The summed E-state index contributed by atoms with van der Waals surface area (Å²) in [5.74, 6) is -0.0865. The van der Waals surface area contributed by atoms with Crippen LogP contribution in [0.4, 0.5) is 0 Å². The summed E-state index contributed by atoms with van der Waals surface area (Å²) in [6, 6.07) is 0. The Bertz CT molecular complexity index is 96.1. The van der Waals surface area contributed by atoms with Crippen LogP contribution in [0.2, 0.25) is 0 Å². The monoisotopic (exact) mass is 262 g/mol. The summed E-state index contributed by atoms with van der Waals surface area (Å²) in [5, 5.41) is 9.50. The fourth-order valence-electron chi connectivity index (χ4n) is 0.617. The Morgan fingerprint density at radius 1 is 1.44 bits per heavy atom. The van der Waals surface area contributed by atoms with Gasteiger partial charge in [-0.15, -0.1) is 0 Å². The van der Waals surface area contributed by atoms with E-state index in [1.807, 2.05) is 6.92 Å². The van der Waals surface area contributed by atoms with E-state index in [9.17, 15) is 5.11 Å². The second-order valence-electron chi connectivity index (χ2n) is 3.61. The molecule has 1 atom stereocenters. The molecule has 0 saturated carbocycles. The van der Waals surface area contributed by atoms with E-state index < -0.39 is 4.25 Å². The number of hydrogen-bond donors (Lipinski definition) is 1. The summed E-state index contributed by atoms with van der Waals surface area (Å²) < 4.78 is -1.69. The average Bonchev–Trinajstić information content (AvgIpc) is 1.60. The van der Waals surface area contributed by atoms with Crippen molar-refractivity contribution in [2.75, 3.05) is 20.0 Å². The Labute approximate surface area is 70.6 Å². The van der Waals surface area contributed by atoms with Gasteiger partial charge in [-0.3, -0.25) is 0 Å². The van der Waals surface area contributed by atoms with E-state index in [1.54, 1.807) is 0 Å². The summed E-state index contributed by atoms with van der Waals surface area (Å²) in [7, 11) is 0. The van der Waals surface area contributed by atoms with Crippen molar-refractivity contribution in [3.05, 3.63) is 0 Å². The van der Waals surface area contributed by atoms with Crippen LogP contribution in [-0.4, -0.2) is 30.9 Å². The van der Waals surface area contributed by atoms with Crippen molar-refractivity contribution in [3.8, 4) is 0 Å². The van der Waals surface area contributed by atoms with Gasteiger partial charge in [0.05, 0.1) is 0 Å². The van der Waals surface area contributed by atoms with Crippen molar-refractivity contribution in [3.63, 3.8) is 0 Å². The predicted molar refractivity (Wildman–Crippen MR) is 55.0 cm³/mol. The number of halogens is 1. The number of aliphatic hydroxyl groups is 1. The van der Waals surface area contributed by atoms with E-state index in [0.717, 1.165) is 6.42 Å². The Balaban J connectivity index is 4.16. The summed E-state index contributed by atoms with van der Waals surface area (Å²) in [5.41, 5.74) is 0. The average molecular weight is 262 g/mol. The van der Waals surface area contributed by atoms with E-state index in [2.05, 4.69) is 42.0 Å². The molecule has 9 heavy (non-hydrogen) atoms. The van der Waals surface area contributed by atoms with Crippen LogP contribution in [-0.2, 0) is 0 Å². The molecule has 0 aromatic rings. The fourth-order valence-corrected chi connectivity index (χ4v) is 3.03. The van der Waals surface area contributed by atoms with Gasteiger partial charge in [0.1, 0.15) is 0 Å². The van der Waals surface area contributed by atoms with Gasteiger partial charge in [-0.2, -0.15) is 0 Å². The molecule has 0 aliphatic carbocycles. The first kappa shape index (κ1) is 10.1. The van der Waals surface area contributed by atoms with Crippen molar-refractivity contribution >= 4 is 26.3 Å². The zero-order valence-corrected chi connectivity index (χ0v) is 9.61. The minimum atomic E-state index is -1.69. The summed E-state index contributed by atoms with van der Waals surface area (Å²) >= 11 is 2.42. The van der Waals surface area contributed by atoms with Crippen LogP contribution in [0.25, 0.3) is 0 Å². The third-order valence-electron chi connectivity index (χ3n) is 1.37. The van der Waals surface area contributed by atoms with Gasteiger partial charge in [0.15, 0.2) is 0 Å². The van der Waals surface area contributed by atoms with Crippen molar-refractivity contribution < 1.29 is 5.11 Å². The molecule has 0 amide bonds. The van der Waals surface area contributed by atoms with Crippen LogP contribution in [0.1, 0.15) is 13.3 Å². The zero-order valence-electron chi connectivity index (χ0n) is 6.56. The van der Waals surface area contributed by atoms with Crippen LogP contribution < -0.4 is 0 Å². The SMILES string of the molecule is CC[C@@H](O)P(C)(C)(C)I. The van der Waals surface area contributed by atoms with Gasteiger partial charge in [-0.1, -0.05) is 0 Å². The van der Waals surface area contributed by atoms with Gasteiger partial charge in [-0.05, 0) is 0 Å². The normalized spacial score (nSPS) is 20.4. The predicted octanol–water partition coefficient (Wildman–Crippen LogP) is 2.51. The number of rotatable bonds is 2. The maximum atomic E-state index is 9.50. The molecule has 0 bridgehead atoms. The van der Waals surface area contributed by atoms with E-state index in [4.69, 9.17) is 0 Å². The number of hydrogen-bond acceptors (Lipinski definition) is 1. The van der Waals surface area contributed by atoms with E-state index in [0.29, 0.717) is 0 Å². The second-order valence-corrected chi connectivity index (χ2v) is 20.0. The Morgan fingerprint density at radius 2 is 1.78 bits per heavy atom. The third kappa shape index (κ3) is 3.74. The quantitative estimate of drug-likeness (QED) is 0.598. The topological polar surface area (TPSA) is 20.2 Å². The van der Waals surface area contributed by atoms with Crippen LogP contribution in [0.3, 0.4) is 0 Å². The molecule has 0 fully saturated rings. The molecule has 0 aromatic heterocycles. The molecule has 0 unspecified atom stereocenters. The van der Waals surface area contributed by atoms with E-state index >= 15 is 0 Å². The Kier molecular flexibility index (Phi) is 2.96. The first-order valence-corrected chi connectivity index (χ1v) is 9.57. The van der Waals surface area contributed by atoms with Crippen LogP contribution in [0.15, 0.2) is 0 Å². The van der Waals surface area contributed by atoms with E-state index in [1.165, 1.54) is 0 Å². The van der Waals surface area contributed by atoms with Gasteiger partial charge < -0.3 is 0 Å². The van der Waals surface area contributed by atoms with Crippen LogP contribution in [0.5, 0.6) is 0 Å². The second kappa shape index (κ2) is 2.63. The first-order valence-electron chi connectivity index (χ1n) is 3.14. The van der Waals surface area contributed by atoms with Crippen LogP contribution in [0, 0.1) is 0 Å². The van der Waals surface area contributed by atoms with Crippen molar-refractivity contribution in [2.24, 2.45) is 0 Å². The van der Waals surface area contributed by atoms with E-state index in [-0.39, 0.29) is 5.85 Å². The molecule has 0 radical (unpaired) electrons. The molecule has 58 valence electrons. The molecule has 1 nitrogen and oxygen atoms in total.